The number of aliphatic carboxylic acids is 1. The normalized spacial score (nSPS) is 13.8. The van der Waals surface area contributed by atoms with E-state index in [9.17, 15) is 9.59 Å². The largest absolute Gasteiger partial charge is 0.481 e. The Morgan fingerprint density at radius 1 is 1.58 bits per heavy atom. The van der Waals surface area contributed by atoms with Gasteiger partial charge in [0.15, 0.2) is 0 Å². The lowest BCUT2D eigenvalue weighted by molar-refractivity contribution is -0.147. The number of nitrogens with zero attached hydrogens (tertiary/aromatic N) is 2. The van der Waals surface area contributed by atoms with E-state index < -0.39 is 11.4 Å². The van der Waals surface area contributed by atoms with Gasteiger partial charge in [-0.15, -0.1) is 0 Å². The first-order chi connectivity index (χ1) is 8.92. The number of nitrogens with one attached hydrogen (secondary N) is 1. The monoisotopic (exact) mass is 268 g/mol. The summed E-state index contributed by atoms with van der Waals surface area (Å²) in [5.41, 5.74) is 4.70. The summed E-state index contributed by atoms with van der Waals surface area (Å²) in [5, 5.41) is 11.7. The van der Waals surface area contributed by atoms with Gasteiger partial charge in [0.05, 0.1) is 11.7 Å². The molecule has 0 bridgehead atoms. The summed E-state index contributed by atoms with van der Waals surface area (Å²) in [6.45, 7) is 4.49. The molecule has 0 aromatic carbocycles. The van der Waals surface area contributed by atoms with E-state index >= 15 is 0 Å². The Balaban J connectivity index is 2.61. The SMILES string of the molecule is CCC(C)(CNC(=O)c1cn(CCN)cn1)C(=O)O. The number of carbonyl (C=O) groups excluding carboxylic acids is 1. The fourth-order valence-electron chi connectivity index (χ4n) is 1.47. The zero-order valence-electron chi connectivity index (χ0n) is 11.2. The van der Waals surface area contributed by atoms with Crippen LogP contribution in [-0.2, 0) is 11.3 Å². The van der Waals surface area contributed by atoms with Crippen molar-refractivity contribution in [1.29, 1.82) is 0 Å². The molecule has 0 saturated heterocycles. The second-order valence-electron chi connectivity index (χ2n) is 4.69. The van der Waals surface area contributed by atoms with Crippen molar-refractivity contribution in [3.8, 4) is 0 Å². The van der Waals surface area contributed by atoms with Gasteiger partial charge in [-0.25, -0.2) is 4.98 Å². The highest BCUT2D eigenvalue weighted by molar-refractivity contribution is 5.92. The van der Waals surface area contributed by atoms with Crippen LogP contribution in [0.4, 0.5) is 0 Å². The minimum atomic E-state index is -0.963. The van der Waals surface area contributed by atoms with Crippen molar-refractivity contribution >= 4 is 11.9 Å². The third-order valence-corrected chi connectivity index (χ3v) is 3.19. The van der Waals surface area contributed by atoms with Gasteiger partial charge in [0, 0.05) is 25.8 Å². The van der Waals surface area contributed by atoms with Crippen molar-refractivity contribution in [3.63, 3.8) is 0 Å². The summed E-state index contributed by atoms with van der Waals surface area (Å²) in [6.07, 6.45) is 3.55. The van der Waals surface area contributed by atoms with Gasteiger partial charge in [-0.05, 0) is 13.3 Å². The first-order valence-corrected chi connectivity index (χ1v) is 6.16. The van der Waals surface area contributed by atoms with Gasteiger partial charge in [-0.2, -0.15) is 0 Å². The van der Waals surface area contributed by atoms with Crippen LogP contribution in [0.25, 0.3) is 0 Å². The first-order valence-electron chi connectivity index (χ1n) is 6.16. The number of hydrogen-bond acceptors (Lipinski definition) is 4. The molecule has 0 spiro atoms. The summed E-state index contributed by atoms with van der Waals surface area (Å²) in [4.78, 5) is 26.9. The quantitative estimate of drug-likeness (QED) is 0.648. The van der Waals surface area contributed by atoms with Gasteiger partial charge in [0.25, 0.3) is 5.91 Å². The van der Waals surface area contributed by atoms with Gasteiger partial charge in [-0.1, -0.05) is 6.92 Å². The molecule has 1 amide bonds. The third-order valence-electron chi connectivity index (χ3n) is 3.19. The molecule has 1 heterocycles. The summed E-state index contributed by atoms with van der Waals surface area (Å²) in [7, 11) is 0. The molecule has 0 saturated carbocycles. The summed E-state index contributed by atoms with van der Waals surface area (Å²) in [6, 6.07) is 0. The molecule has 1 unspecified atom stereocenters. The summed E-state index contributed by atoms with van der Waals surface area (Å²) in [5.74, 6) is -1.30. The lowest BCUT2D eigenvalue weighted by atomic mass is 9.88. The van der Waals surface area contributed by atoms with Gasteiger partial charge in [-0.3, -0.25) is 9.59 Å². The maximum Gasteiger partial charge on any atom is 0.311 e. The van der Waals surface area contributed by atoms with Crippen LogP contribution in [0.1, 0.15) is 30.8 Å². The van der Waals surface area contributed by atoms with Gasteiger partial charge in [0.1, 0.15) is 5.69 Å². The maximum atomic E-state index is 11.8. The third kappa shape index (κ3) is 3.78. The van der Waals surface area contributed by atoms with E-state index in [0.29, 0.717) is 19.5 Å². The zero-order valence-corrected chi connectivity index (χ0v) is 11.2. The molecule has 0 radical (unpaired) electrons. The lowest BCUT2D eigenvalue weighted by Gasteiger charge is -2.22. The predicted octanol–water partition coefficient (Wildman–Crippen LogP) is 0.0725. The number of aromatic nitrogens is 2. The molecular weight excluding hydrogens is 248 g/mol. The molecule has 1 aromatic heterocycles. The van der Waals surface area contributed by atoms with Crippen LogP contribution >= 0.6 is 0 Å². The number of carboxylic acids is 1. The highest BCUT2D eigenvalue weighted by Gasteiger charge is 2.31. The molecule has 106 valence electrons. The van der Waals surface area contributed by atoms with Crippen LogP contribution in [0.15, 0.2) is 12.5 Å². The molecule has 0 fully saturated rings. The minimum absolute atomic E-state index is 0.0708. The molecule has 1 aromatic rings. The maximum absolute atomic E-state index is 11.8. The molecular formula is C12H20N4O3. The van der Waals surface area contributed by atoms with Crippen molar-refractivity contribution in [2.24, 2.45) is 11.1 Å². The van der Waals surface area contributed by atoms with Crippen molar-refractivity contribution in [2.45, 2.75) is 26.8 Å². The van der Waals surface area contributed by atoms with E-state index in [0.717, 1.165) is 0 Å². The molecule has 0 aliphatic heterocycles. The average molecular weight is 268 g/mol. The van der Waals surface area contributed by atoms with Crippen molar-refractivity contribution in [3.05, 3.63) is 18.2 Å². The molecule has 4 N–H and O–H groups in total. The van der Waals surface area contributed by atoms with E-state index in [1.54, 1.807) is 24.6 Å². The lowest BCUT2D eigenvalue weighted by Crippen LogP contribution is -2.40. The topological polar surface area (TPSA) is 110 Å². The fourth-order valence-corrected chi connectivity index (χ4v) is 1.47. The van der Waals surface area contributed by atoms with Crippen LogP contribution in [-0.4, -0.2) is 39.6 Å². The number of rotatable bonds is 7. The van der Waals surface area contributed by atoms with Crippen LogP contribution in [0.2, 0.25) is 0 Å². The smallest absolute Gasteiger partial charge is 0.311 e. The number of nitrogens with two attached hydrogens (primary N) is 1. The Labute approximate surface area is 111 Å². The molecule has 1 atom stereocenters. The Bertz CT molecular complexity index is 458. The van der Waals surface area contributed by atoms with E-state index in [-0.39, 0.29) is 18.1 Å². The van der Waals surface area contributed by atoms with E-state index in [1.807, 2.05) is 0 Å². The zero-order chi connectivity index (χ0) is 14.5. The van der Waals surface area contributed by atoms with Crippen LogP contribution in [0, 0.1) is 5.41 Å². The molecule has 1 rings (SSSR count). The molecule has 0 aliphatic carbocycles. The minimum Gasteiger partial charge on any atom is -0.481 e. The fraction of sp³-hybridized carbons (Fsp3) is 0.583. The standard InChI is InChI=1S/C12H20N4O3/c1-3-12(2,11(18)19)7-14-10(17)9-6-16(5-4-13)8-15-9/h6,8H,3-5,7,13H2,1-2H3,(H,14,17)(H,18,19). The van der Waals surface area contributed by atoms with Gasteiger partial charge in [0.2, 0.25) is 0 Å². The van der Waals surface area contributed by atoms with E-state index in [1.165, 1.54) is 6.33 Å². The average Bonchev–Trinajstić information content (AvgIpc) is 2.84. The summed E-state index contributed by atoms with van der Waals surface area (Å²) >= 11 is 0. The molecule has 0 aliphatic rings. The molecule has 7 nitrogen and oxygen atoms in total. The van der Waals surface area contributed by atoms with Crippen LogP contribution < -0.4 is 11.1 Å². The van der Waals surface area contributed by atoms with E-state index in [4.69, 9.17) is 10.8 Å². The van der Waals surface area contributed by atoms with Crippen molar-refractivity contribution < 1.29 is 14.7 Å². The van der Waals surface area contributed by atoms with Crippen LogP contribution in [0.3, 0.4) is 0 Å². The summed E-state index contributed by atoms with van der Waals surface area (Å²) < 4.78 is 1.71. The number of amides is 1. The Hall–Kier alpha value is -1.89. The van der Waals surface area contributed by atoms with E-state index in [2.05, 4.69) is 10.3 Å². The Morgan fingerprint density at radius 3 is 2.79 bits per heavy atom. The number of hydrogen-bond donors (Lipinski definition) is 3. The van der Waals surface area contributed by atoms with Crippen molar-refractivity contribution in [1.82, 2.24) is 14.9 Å². The molecule has 19 heavy (non-hydrogen) atoms. The second kappa shape index (κ2) is 6.33. The second-order valence-corrected chi connectivity index (χ2v) is 4.69. The van der Waals surface area contributed by atoms with Gasteiger partial charge < -0.3 is 20.7 Å². The highest BCUT2D eigenvalue weighted by atomic mass is 16.4. The number of carbonyl (C=O) groups is 2. The number of imidazole rings is 1. The van der Waals surface area contributed by atoms with Crippen molar-refractivity contribution in [2.75, 3.05) is 13.1 Å². The van der Waals surface area contributed by atoms with Gasteiger partial charge >= 0.3 is 5.97 Å². The Morgan fingerprint density at radius 2 is 2.26 bits per heavy atom. The first kappa shape index (κ1) is 15.2. The highest BCUT2D eigenvalue weighted by Crippen LogP contribution is 2.19. The molecule has 7 heteroatoms. The Kier molecular flexibility index (Phi) is 5.05. The van der Waals surface area contributed by atoms with Crippen LogP contribution in [0.5, 0.6) is 0 Å². The predicted molar refractivity (Wildman–Crippen MR) is 69.6 cm³/mol. The number of carboxylic acid groups (broad SMARTS) is 1.